The topological polar surface area (TPSA) is 118 Å². The average Bonchev–Trinajstić information content (AvgIpc) is 3.12. The molecule has 1 aliphatic rings. The molecule has 0 saturated carbocycles. The number of nitrogens with one attached hydrogen (secondary N) is 2. The van der Waals surface area contributed by atoms with Crippen LogP contribution in [-0.4, -0.2) is 40.7 Å². The fraction of sp³-hybridized carbons (Fsp3) is 0.167. The van der Waals surface area contributed by atoms with E-state index in [4.69, 9.17) is 9.84 Å². The molecule has 8 nitrogen and oxygen atoms in total. The van der Waals surface area contributed by atoms with Gasteiger partial charge in [0, 0.05) is 5.92 Å². The molecule has 1 atom stereocenters. The molecule has 0 radical (unpaired) electrons. The van der Waals surface area contributed by atoms with Gasteiger partial charge < -0.3 is 15.2 Å². The molecule has 0 unspecified atom stereocenters. The lowest BCUT2D eigenvalue weighted by molar-refractivity contribution is -0.138. The van der Waals surface area contributed by atoms with Crippen LogP contribution in [0.2, 0.25) is 0 Å². The number of carbonyl (C=O) groups excluding carboxylic acids is 2. The summed E-state index contributed by atoms with van der Waals surface area (Å²) in [7, 11) is 0. The van der Waals surface area contributed by atoms with E-state index in [1.807, 2.05) is 36.4 Å². The van der Waals surface area contributed by atoms with Gasteiger partial charge in [-0.3, -0.25) is 14.9 Å². The highest BCUT2D eigenvalue weighted by Crippen LogP contribution is 2.44. The van der Waals surface area contributed by atoms with Crippen LogP contribution >= 0.6 is 0 Å². The van der Waals surface area contributed by atoms with Crippen molar-refractivity contribution in [3.8, 4) is 11.1 Å². The number of amides is 2. The molecule has 2 amide bonds. The van der Waals surface area contributed by atoms with Gasteiger partial charge in [-0.25, -0.2) is 9.78 Å². The lowest BCUT2D eigenvalue weighted by Gasteiger charge is -2.14. The molecule has 0 fully saturated rings. The molecule has 1 heterocycles. The van der Waals surface area contributed by atoms with Gasteiger partial charge in [0.25, 0.3) is 5.91 Å². The zero-order chi connectivity index (χ0) is 22.7. The summed E-state index contributed by atoms with van der Waals surface area (Å²) in [6.45, 7) is 1.54. The normalized spacial score (nSPS) is 12.9. The quantitative estimate of drug-likeness (QED) is 0.548. The van der Waals surface area contributed by atoms with Crippen LogP contribution in [-0.2, 0) is 9.53 Å². The van der Waals surface area contributed by atoms with Crippen LogP contribution in [0.15, 0.2) is 66.9 Å². The van der Waals surface area contributed by atoms with Gasteiger partial charge in [0.2, 0.25) is 0 Å². The van der Waals surface area contributed by atoms with Gasteiger partial charge in [-0.2, -0.15) is 0 Å². The lowest BCUT2D eigenvalue weighted by atomic mass is 9.98. The van der Waals surface area contributed by atoms with Crippen LogP contribution in [0.1, 0.15) is 34.5 Å². The summed E-state index contributed by atoms with van der Waals surface area (Å²) >= 11 is 0. The van der Waals surface area contributed by atoms with E-state index in [1.54, 1.807) is 0 Å². The summed E-state index contributed by atoms with van der Waals surface area (Å²) in [6, 6.07) is 18.0. The minimum absolute atomic E-state index is 0.0381. The molecule has 0 bridgehead atoms. The first kappa shape index (κ1) is 21.0. The Balaban J connectivity index is 1.37. The van der Waals surface area contributed by atoms with Crippen LogP contribution in [0.4, 0.5) is 10.5 Å². The summed E-state index contributed by atoms with van der Waals surface area (Å²) in [5.74, 6) is -1.81. The molecular formula is C24H21N3O5. The number of anilines is 1. The van der Waals surface area contributed by atoms with Crippen molar-refractivity contribution in [2.45, 2.75) is 18.9 Å². The van der Waals surface area contributed by atoms with Crippen molar-refractivity contribution in [3.63, 3.8) is 0 Å². The van der Waals surface area contributed by atoms with E-state index in [-0.39, 0.29) is 18.2 Å². The third kappa shape index (κ3) is 4.29. The summed E-state index contributed by atoms with van der Waals surface area (Å²) in [4.78, 5) is 39.1. The van der Waals surface area contributed by atoms with E-state index in [1.165, 1.54) is 25.3 Å². The number of benzene rings is 2. The summed E-state index contributed by atoms with van der Waals surface area (Å²) in [5, 5.41) is 13.8. The van der Waals surface area contributed by atoms with E-state index < -0.39 is 24.0 Å². The molecule has 32 heavy (non-hydrogen) atoms. The molecule has 3 aromatic rings. The first-order valence-electron chi connectivity index (χ1n) is 10.1. The minimum atomic E-state index is -1.15. The Bertz CT molecular complexity index is 1130. The van der Waals surface area contributed by atoms with Gasteiger partial charge in [0.15, 0.2) is 0 Å². The molecule has 4 rings (SSSR count). The molecule has 0 saturated heterocycles. The van der Waals surface area contributed by atoms with E-state index in [9.17, 15) is 14.4 Å². The second kappa shape index (κ2) is 8.89. The second-order valence-electron chi connectivity index (χ2n) is 7.42. The Morgan fingerprint density at radius 3 is 2.19 bits per heavy atom. The highest BCUT2D eigenvalue weighted by atomic mass is 16.5. The Kier molecular flexibility index (Phi) is 5.85. The van der Waals surface area contributed by atoms with Gasteiger partial charge in [-0.15, -0.1) is 0 Å². The molecule has 3 N–H and O–H groups in total. The van der Waals surface area contributed by atoms with E-state index in [2.05, 4.69) is 27.8 Å². The predicted octanol–water partition coefficient (Wildman–Crippen LogP) is 3.65. The van der Waals surface area contributed by atoms with Crippen LogP contribution in [0.5, 0.6) is 0 Å². The van der Waals surface area contributed by atoms with Crippen LogP contribution in [0, 0.1) is 0 Å². The molecule has 2 aromatic carbocycles. The van der Waals surface area contributed by atoms with Crippen molar-refractivity contribution in [3.05, 3.63) is 83.7 Å². The first-order valence-corrected chi connectivity index (χ1v) is 10.1. The maximum Gasteiger partial charge on any atom is 0.411 e. The number of carboxylic acids is 1. The first-order chi connectivity index (χ1) is 15.4. The van der Waals surface area contributed by atoms with Gasteiger partial charge in [0.05, 0.1) is 11.9 Å². The Morgan fingerprint density at radius 1 is 1.00 bits per heavy atom. The highest BCUT2D eigenvalue weighted by Gasteiger charge is 2.29. The average molecular weight is 431 g/mol. The third-order valence-corrected chi connectivity index (χ3v) is 5.30. The smallest absolute Gasteiger partial charge is 0.411 e. The van der Waals surface area contributed by atoms with Crippen molar-refractivity contribution >= 4 is 23.7 Å². The number of pyridine rings is 1. The molecule has 1 aromatic heterocycles. The second-order valence-corrected chi connectivity index (χ2v) is 7.42. The van der Waals surface area contributed by atoms with Crippen LogP contribution in [0.25, 0.3) is 11.1 Å². The Labute approximate surface area is 184 Å². The number of hydrogen-bond donors (Lipinski definition) is 3. The van der Waals surface area contributed by atoms with Crippen molar-refractivity contribution < 1.29 is 24.2 Å². The molecule has 0 aliphatic heterocycles. The maximum absolute atomic E-state index is 12.3. The number of fused-ring (bicyclic) bond motifs is 3. The van der Waals surface area contributed by atoms with E-state index in [0.717, 1.165) is 22.3 Å². The van der Waals surface area contributed by atoms with Crippen molar-refractivity contribution in [2.24, 2.45) is 0 Å². The van der Waals surface area contributed by atoms with Crippen LogP contribution in [0.3, 0.4) is 0 Å². The zero-order valence-electron chi connectivity index (χ0n) is 17.2. The SMILES string of the molecule is C[C@@H](NC(=O)c1ccc(NC(=O)OCC2c3ccccc3-c3ccccc32)cn1)C(=O)O. The number of carbonyl (C=O) groups is 3. The molecule has 0 spiro atoms. The summed E-state index contributed by atoms with van der Waals surface area (Å²) < 4.78 is 5.48. The summed E-state index contributed by atoms with van der Waals surface area (Å²) in [6.07, 6.45) is 0.673. The fourth-order valence-electron chi connectivity index (χ4n) is 3.69. The number of aromatic nitrogens is 1. The Morgan fingerprint density at radius 2 is 1.62 bits per heavy atom. The molecular weight excluding hydrogens is 410 g/mol. The van der Waals surface area contributed by atoms with Crippen LogP contribution < -0.4 is 10.6 Å². The number of rotatable bonds is 6. The van der Waals surface area contributed by atoms with Crippen molar-refractivity contribution in [1.82, 2.24) is 10.3 Å². The molecule has 8 heteroatoms. The molecule has 162 valence electrons. The number of aliphatic carboxylic acids is 1. The Hall–Kier alpha value is -4.20. The monoisotopic (exact) mass is 431 g/mol. The lowest BCUT2D eigenvalue weighted by Crippen LogP contribution is -2.38. The van der Waals surface area contributed by atoms with Crippen molar-refractivity contribution in [2.75, 3.05) is 11.9 Å². The van der Waals surface area contributed by atoms with Gasteiger partial charge in [0.1, 0.15) is 18.3 Å². The maximum atomic E-state index is 12.3. The number of nitrogens with zero attached hydrogens (tertiary/aromatic N) is 1. The van der Waals surface area contributed by atoms with Gasteiger partial charge in [-0.1, -0.05) is 48.5 Å². The summed E-state index contributed by atoms with van der Waals surface area (Å²) in [5.41, 5.74) is 4.92. The fourth-order valence-corrected chi connectivity index (χ4v) is 3.69. The predicted molar refractivity (Wildman–Crippen MR) is 117 cm³/mol. The minimum Gasteiger partial charge on any atom is -0.480 e. The van der Waals surface area contributed by atoms with Crippen molar-refractivity contribution in [1.29, 1.82) is 0 Å². The number of carboxylic acid groups (broad SMARTS) is 1. The number of hydrogen-bond acceptors (Lipinski definition) is 5. The largest absolute Gasteiger partial charge is 0.480 e. The van der Waals surface area contributed by atoms with E-state index in [0.29, 0.717) is 5.69 Å². The zero-order valence-corrected chi connectivity index (χ0v) is 17.2. The molecule has 1 aliphatic carbocycles. The van der Waals surface area contributed by atoms with E-state index >= 15 is 0 Å². The third-order valence-electron chi connectivity index (χ3n) is 5.30. The number of ether oxygens (including phenoxy) is 1. The van der Waals surface area contributed by atoms with Gasteiger partial charge in [-0.05, 0) is 41.3 Å². The van der Waals surface area contributed by atoms with Gasteiger partial charge >= 0.3 is 12.1 Å². The standard InChI is InChI=1S/C24H21N3O5/c1-14(23(29)30)26-22(28)21-11-10-15(12-25-21)27-24(31)32-13-20-18-8-4-2-6-16(18)17-7-3-5-9-19(17)20/h2-12,14,20H,13H2,1H3,(H,26,28)(H,27,31)(H,29,30)/t14-/m1/s1. The highest BCUT2D eigenvalue weighted by molar-refractivity contribution is 5.95.